The van der Waals surface area contributed by atoms with Crippen LogP contribution in [0.4, 0.5) is 0 Å². The predicted molar refractivity (Wildman–Crippen MR) is 48.9 cm³/mol. The zero-order chi connectivity index (χ0) is 9.26. The number of nitrogens with zero attached hydrogens (tertiary/aromatic N) is 1. The number of aromatic nitrogens is 1. The summed E-state index contributed by atoms with van der Waals surface area (Å²) in [5, 5.41) is 0.837. The van der Waals surface area contributed by atoms with Gasteiger partial charge in [0.15, 0.2) is 0 Å². The molecule has 0 radical (unpaired) electrons. The van der Waals surface area contributed by atoms with E-state index in [1.807, 2.05) is 6.07 Å². The van der Waals surface area contributed by atoms with Gasteiger partial charge in [0.2, 0.25) is 0 Å². The minimum Gasteiger partial charge on any atom is -0.768 e. The molecule has 1 atom stereocenters. The number of hydrogen-bond donors (Lipinski definition) is 0. The molecule has 0 saturated heterocycles. The molecule has 0 aliphatic carbocycles. The van der Waals surface area contributed by atoms with E-state index in [-0.39, 0.29) is 29.6 Å². The van der Waals surface area contributed by atoms with Gasteiger partial charge in [-0.1, -0.05) is 6.07 Å². The Morgan fingerprint density at radius 2 is 2.07 bits per heavy atom. The van der Waals surface area contributed by atoms with Crippen LogP contribution >= 0.6 is 0 Å². The molecule has 0 aliphatic rings. The van der Waals surface area contributed by atoms with Crippen molar-refractivity contribution in [3.05, 3.63) is 36.5 Å². The molecule has 1 aromatic heterocycles. The first-order chi connectivity index (χ1) is 6.27. The quantitative estimate of drug-likeness (QED) is 0.428. The Morgan fingerprint density at radius 3 is 2.79 bits per heavy atom. The molecule has 0 N–H and O–H groups in total. The van der Waals surface area contributed by atoms with Gasteiger partial charge in [0.25, 0.3) is 0 Å². The fourth-order valence-electron chi connectivity index (χ4n) is 1.16. The minimum atomic E-state index is -2.16. The standard InChI is InChI=1S/C9H7NO2S.Na/c11-13(12)8-3-4-9-7(6-8)2-1-5-10-9;/h1-6H,(H,11,12);/q;+1/p-1. The van der Waals surface area contributed by atoms with Crippen molar-refractivity contribution in [2.24, 2.45) is 0 Å². The van der Waals surface area contributed by atoms with E-state index in [2.05, 4.69) is 4.98 Å². The SMILES string of the molecule is O=S([O-])c1ccc2ncccc2c1.[Na+]. The Balaban J connectivity index is 0.000000980. The van der Waals surface area contributed by atoms with Gasteiger partial charge in [0.1, 0.15) is 0 Å². The molecule has 0 amide bonds. The summed E-state index contributed by atoms with van der Waals surface area (Å²) in [6.45, 7) is 0. The fraction of sp³-hybridized carbons (Fsp3) is 0. The van der Waals surface area contributed by atoms with Gasteiger partial charge in [-0.2, -0.15) is 0 Å². The molecule has 0 bridgehead atoms. The Morgan fingerprint density at radius 1 is 1.29 bits per heavy atom. The number of pyridine rings is 1. The molecular formula is C9H6NNaO2S. The van der Waals surface area contributed by atoms with Gasteiger partial charge in [-0.25, -0.2) is 0 Å². The molecule has 0 spiro atoms. The molecule has 1 unspecified atom stereocenters. The van der Waals surface area contributed by atoms with Crippen LogP contribution in [-0.4, -0.2) is 13.7 Å². The van der Waals surface area contributed by atoms with Crippen LogP contribution in [0.15, 0.2) is 41.4 Å². The Kier molecular flexibility index (Phi) is 4.22. The molecule has 1 aromatic carbocycles. The van der Waals surface area contributed by atoms with E-state index < -0.39 is 11.1 Å². The summed E-state index contributed by atoms with van der Waals surface area (Å²) in [4.78, 5) is 4.37. The maximum Gasteiger partial charge on any atom is 1.00 e. The van der Waals surface area contributed by atoms with Crippen LogP contribution in [0, 0.1) is 0 Å². The monoisotopic (exact) mass is 215 g/mol. The molecule has 14 heavy (non-hydrogen) atoms. The third-order valence-electron chi connectivity index (χ3n) is 1.77. The van der Waals surface area contributed by atoms with Crippen LogP contribution < -0.4 is 29.6 Å². The van der Waals surface area contributed by atoms with E-state index in [4.69, 9.17) is 0 Å². The third kappa shape index (κ3) is 2.40. The Labute approximate surface area is 106 Å². The summed E-state index contributed by atoms with van der Waals surface area (Å²) >= 11 is -2.16. The molecule has 2 rings (SSSR count). The fourth-order valence-corrected chi connectivity index (χ4v) is 1.56. The number of fused-ring (bicyclic) bond motifs is 1. The predicted octanol–water partition coefficient (Wildman–Crippen LogP) is -1.52. The van der Waals surface area contributed by atoms with Crippen molar-refractivity contribution >= 4 is 22.0 Å². The second-order valence-corrected chi connectivity index (χ2v) is 3.53. The molecule has 1 heterocycles. The number of hydrogen-bond acceptors (Lipinski definition) is 3. The van der Waals surface area contributed by atoms with E-state index in [0.717, 1.165) is 10.9 Å². The Hall–Kier alpha value is -0.260. The number of benzene rings is 1. The van der Waals surface area contributed by atoms with E-state index in [9.17, 15) is 8.76 Å². The van der Waals surface area contributed by atoms with Crippen LogP contribution in [0.2, 0.25) is 0 Å². The molecular weight excluding hydrogens is 209 g/mol. The molecule has 0 aliphatic heterocycles. The average Bonchev–Trinajstić information content (AvgIpc) is 2.17. The summed E-state index contributed by atoms with van der Waals surface area (Å²) < 4.78 is 21.2. The molecule has 0 fully saturated rings. The minimum absolute atomic E-state index is 0. The van der Waals surface area contributed by atoms with Gasteiger partial charge in [-0.15, -0.1) is 0 Å². The maximum atomic E-state index is 10.6. The Bertz CT molecular complexity index is 475. The van der Waals surface area contributed by atoms with Crippen molar-refractivity contribution in [3.8, 4) is 0 Å². The third-order valence-corrected chi connectivity index (χ3v) is 2.41. The van der Waals surface area contributed by atoms with Gasteiger partial charge in [0.05, 0.1) is 5.52 Å². The van der Waals surface area contributed by atoms with Crippen molar-refractivity contribution < 1.29 is 38.3 Å². The summed E-state index contributed by atoms with van der Waals surface area (Å²) in [5.41, 5.74) is 0.803. The van der Waals surface area contributed by atoms with Gasteiger partial charge >= 0.3 is 29.6 Å². The van der Waals surface area contributed by atoms with Crippen molar-refractivity contribution in [1.29, 1.82) is 0 Å². The maximum absolute atomic E-state index is 10.6. The molecule has 3 nitrogen and oxygen atoms in total. The summed E-state index contributed by atoms with van der Waals surface area (Å²) in [6, 6.07) is 8.45. The smallest absolute Gasteiger partial charge is 0.768 e. The largest absolute Gasteiger partial charge is 1.00 e. The zero-order valence-electron chi connectivity index (χ0n) is 7.64. The molecule has 66 valence electrons. The van der Waals surface area contributed by atoms with Crippen LogP contribution in [0.3, 0.4) is 0 Å². The van der Waals surface area contributed by atoms with Crippen LogP contribution in [0.5, 0.6) is 0 Å². The van der Waals surface area contributed by atoms with E-state index in [0.29, 0.717) is 4.90 Å². The summed E-state index contributed by atoms with van der Waals surface area (Å²) in [7, 11) is 0. The van der Waals surface area contributed by atoms with E-state index in [1.54, 1.807) is 30.5 Å². The topological polar surface area (TPSA) is 53.0 Å². The summed E-state index contributed by atoms with van der Waals surface area (Å²) in [5.74, 6) is 0. The summed E-state index contributed by atoms with van der Waals surface area (Å²) in [6.07, 6.45) is 1.68. The van der Waals surface area contributed by atoms with E-state index in [1.165, 1.54) is 0 Å². The van der Waals surface area contributed by atoms with E-state index >= 15 is 0 Å². The molecule has 5 heteroatoms. The average molecular weight is 215 g/mol. The van der Waals surface area contributed by atoms with Gasteiger partial charge < -0.3 is 4.55 Å². The van der Waals surface area contributed by atoms with Crippen molar-refractivity contribution in [1.82, 2.24) is 4.98 Å². The van der Waals surface area contributed by atoms with Gasteiger partial charge in [0, 0.05) is 16.5 Å². The van der Waals surface area contributed by atoms with Crippen LogP contribution in [0.1, 0.15) is 0 Å². The number of rotatable bonds is 1. The van der Waals surface area contributed by atoms with Crippen LogP contribution in [-0.2, 0) is 11.1 Å². The van der Waals surface area contributed by atoms with Gasteiger partial charge in [-0.3, -0.25) is 9.19 Å². The second-order valence-electron chi connectivity index (χ2n) is 2.59. The zero-order valence-corrected chi connectivity index (χ0v) is 10.5. The second kappa shape index (κ2) is 5.00. The normalized spacial score (nSPS) is 12.1. The van der Waals surface area contributed by atoms with Crippen molar-refractivity contribution in [3.63, 3.8) is 0 Å². The van der Waals surface area contributed by atoms with Gasteiger partial charge in [-0.05, 0) is 35.3 Å². The first-order valence-electron chi connectivity index (χ1n) is 3.71. The first-order valence-corrected chi connectivity index (χ1v) is 4.79. The first kappa shape index (κ1) is 11.8. The van der Waals surface area contributed by atoms with Crippen LogP contribution in [0.25, 0.3) is 10.9 Å². The molecule has 2 aromatic rings. The van der Waals surface area contributed by atoms with Crippen molar-refractivity contribution in [2.45, 2.75) is 4.90 Å². The van der Waals surface area contributed by atoms with Crippen molar-refractivity contribution in [2.75, 3.05) is 0 Å². The molecule has 0 saturated carbocycles.